The number of methoxy groups -OCH3 is 1. The van der Waals surface area contributed by atoms with Crippen LogP contribution in [0.4, 0.5) is 0 Å². The fourth-order valence-corrected chi connectivity index (χ4v) is 1.60. The average molecular weight is 284 g/mol. The first-order valence-electron chi connectivity index (χ1n) is 6.42. The molecule has 5 heteroatoms. The van der Waals surface area contributed by atoms with Gasteiger partial charge in [0.2, 0.25) is 0 Å². The third-order valence-electron chi connectivity index (χ3n) is 2.61. The van der Waals surface area contributed by atoms with Crippen molar-refractivity contribution in [1.82, 2.24) is 5.43 Å². The molecule has 0 spiro atoms. The molecule has 2 aromatic rings. The molecule has 1 amide bonds. The molecule has 2 rings (SSSR count). The highest BCUT2D eigenvalue weighted by molar-refractivity contribution is 5.83. The molecule has 1 N–H and O–H groups in total. The van der Waals surface area contributed by atoms with Gasteiger partial charge in [-0.05, 0) is 29.8 Å². The molecule has 0 saturated heterocycles. The van der Waals surface area contributed by atoms with Crippen LogP contribution in [0.1, 0.15) is 5.56 Å². The van der Waals surface area contributed by atoms with Crippen LogP contribution in [0.3, 0.4) is 0 Å². The van der Waals surface area contributed by atoms with E-state index in [1.54, 1.807) is 25.5 Å². The number of hydrazone groups is 1. The van der Waals surface area contributed by atoms with E-state index in [-0.39, 0.29) is 12.5 Å². The van der Waals surface area contributed by atoms with Crippen LogP contribution in [-0.2, 0) is 4.79 Å². The number of nitrogens with zero attached hydrogens (tertiary/aromatic N) is 1. The Bertz CT molecular complexity index is 612. The third-order valence-corrected chi connectivity index (χ3v) is 2.61. The molecule has 0 bridgehead atoms. The summed E-state index contributed by atoms with van der Waals surface area (Å²) >= 11 is 0. The molecule has 2 aromatic carbocycles. The Kier molecular flexibility index (Phi) is 5.34. The summed E-state index contributed by atoms with van der Waals surface area (Å²) < 4.78 is 10.4. The molecule has 5 nitrogen and oxygen atoms in total. The van der Waals surface area contributed by atoms with E-state index < -0.39 is 0 Å². The van der Waals surface area contributed by atoms with E-state index in [1.807, 2.05) is 42.5 Å². The SMILES string of the molecule is COc1cccc(C=NNC(=O)COc2ccccc2)c1. The van der Waals surface area contributed by atoms with Gasteiger partial charge in [-0.3, -0.25) is 4.79 Å². The first-order valence-corrected chi connectivity index (χ1v) is 6.42. The summed E-state index contributed by atoms with van der Waals surface area (Å²) in [7, 11) is 1.60. The number of hydrogen-bond acceptors (Lipinski definition) is 4. The summed E-state index contributed by atoms with van der Waals surface area (Å²) in [5, 5.41) is 3.87. The molecule has 0 aliphatic carbocycles. The van der Waals surface area contributed by atoms with Gasteiger partial charge in [-0.25, -0.2) is 5.43 Å². The topological polar surface area (TPSA) is 59.9 Å². The highest BCUT2D eigenvalue weighted by Gasteiger charge is 2.00. The zero-order valence-corrected chi connectivity index (χ0v) is 11.7. The number of nitrogens with one attached hydrogen (secondary N) is 1. The summed E-state index contributed by atoms with van der Waals surface area (Å²) in [5.74, 6) is 1.06. The smallest absolute Gasteiger partial charge is 0.277 e. The quantitative estimate of drug-likeness (QED) is 0.653. The van der Waals surface area contributed by atoms with Gasteiger partial charge in [0.1, 0.15) is 11.5 Å². The van der Waals surface area contributed by atoms with Gasteiger partial charge in [-0.15, -0.1) is 0 Å². The van der Waals surface area contributed by atoms with Crippen molar-refractivity contribution in [3.8, 4) is 11.5 Å². The summed E-state index contributed by atoms with van der Waals surface area (Å²) in [5.41, 5.74) is 3.24. The third kappa shape index (κ3) is 4.99. The van der Waals surface area contributed by atoms with Crippen molar-refractivity contribution in [3.05, 3.63) is 60.2 Å². The van der Waals surface area contributed by atoms with Crippen LogP contribution in [0.2, 0.25) is 0 Å². The van der Waals surface area contributed by atoms with Crippen molar-refractivity contribution in [2.24, 2.45) is 5.10 Å². The number of amides is 1. The number of rotatable bonds is 6. The second kappa shape index (κ2) is 7.69. The summed E-state index contributed by atoms with van der Waals surface area (Å²) in [6.45, 7) is -0.0839. The molecular formula is C16H16N2O3. The Balaban J connectivity index is 1.79. The molecule has 0 aliphatic heterocycles. The van der Waals surface area contributed by atoms with E-state index in [0.29, 0.717) is 5.75 Å². The number of carbonyl (C=O) groups excluding carboxylic acids is 1. The maximum Gasteiger partial charge on any atom is 0.277 e. The minimum Gasteiger partial charge on any atom is -0.497 e. The lowest BCUT2D eigenvalue weighted by molar-refractivity contribution is -0.123. The maximum absolute atomic E-state index is 11.6. The number of para-hydroxylation sites is 1. The number of ether oxygens (including phenoxy) is 2. The van der Waals surface area contributed by atoms with E-state index in [9.17, 15) is 4.79 Å². The van der Waals surface area contributed by atoms with Gasteiger partial charge in [0.15, 0.2) is 6.61 Å². The van der Waals surface area contributed by atoms with Crippen LogP contribution in [0.5, 0.6) is 11.5 Å². The molecular weight excluding hydrogens is 268 g/mol. The maximum atomic E-state index is 11.6. The van der Waals surface area contributed by atoms with Gasteiger partial charge < -0.3 is 9.47 Å². The minimum atomic E-state index is -0.321. The van der Waals surface area contributed by atoms with Gasteiger partial charge in [-0.2, -0.15) is 5.10 Å². The highest BCUT2D eigenvalue weighted by Crippen LogP contribution is 2.10. The van der Waals surface area contributed by atoms with Crippen molar-refractivity contribution in [3.63, 3.8) is 0 Å². The van der Waals surface area contributed by atoms with E-state index in [2.05, 4.69) is 10.5 Å². The van der Waals surface area contributed by atoms with Crippen LogP contribution >= 0.6 is 0 Å². The summed E-state index contributed by atoms with van der Waals surface area (Å²) in [6, 6.07) is 16.5. The predicted octanol–water partition coefficient (Wildman–Crippen LogP) is 2.22. The molecule has 0 heterocycles. The highest BCUT2D eigenvalue weighted by atomic mass is 16.5. The lowest BCUT2D eigenvalue weighted by Crippen LogP contribution is -2.24. The molecule has 0 aliphatic rings. The molecule has 0 radical (unpaired) electrons. The molecule has 0 unspecified atom stereocenters. The summed E-state index contributed by atoms with van der Waals surface area (Å²) in [4.78, 5) is 11.6. The number of hydrogen-bond donors (Lipinski definition) is 1. The number of benzene rings is 2. The zero-order valence-electron chi connectivity index (χ0n) is 11.7. The first kappa shape index (κ1) is 14.6. The molecule has 108 valence electrons. The standard InChI is InChI=1S/C16H16N2O3/c1-20-15-9-5-6-13(10-15)11-17-18-16(19)12-21-14-7-3-2-4-8-14/h2-11H,12H2,1H3,(H,18,19). The molecule has 0 atom stereocenters. The van der Waals surface area contributed by atoms with E-state index in [0.717, 1.165) is 11.3 Å². The van der Waals surface area contributed by atoms with Crippen LogP contribution in [0.25, 0.3) is 0 Å². The normalized spacial score (nSPS) is 10.3. The Labute approximate surface area is 123 Å². The largest absolute Gasteiger partial charge is 0.497 e. The van der Waals surface area contributed by atoms with Crippen molar-refractivity contribution >= 4 is 12.1 Å². The van der Waals surface area contributed by atoms with Gasteiger partial charge in [-0.1, -0.05) is 30.3 Å². The fraction of sp³-hybridized carbons (Fsp3) is 0.125. The van der Waals surface area contributed by atoms with Crippen LogP contribution < -0.4 is 14.9 Å². The van der Waals surface area contributed by atoms with Crippen molar-refractivity contribution < 1.29 is 14.3 Å². The second-order valence-corrected chi connectivity index (χ2v) is 4.17. The Morgan fingerprint density at radius 3 is 2.67 bits per heavy atom. The summed E-state index contributed by atoms with van der Waals surface area (Å²) in [6.07, 6.45) is 1.54. The van der Waals surface area contributed by atoms with E-state index in [1.165, 1.54) is 0 Å². The molecule has 0 saturated carbocycles. The van der Waals surface area contributed by atoms with Crippen LogP contribution in [0, 0.1) is 0 Å². The van der Waals surface area contributed by atoms with Crippen molar-refractivity contribution in [2.75, 3.05) is 13.7 Å². The van der Waals surface area contributed by atoms with E-state index in [4.69, 9.17) is 9.47 Å². The van der Waals surface area contributed by atoms with E-state index >= 15 is 0 Å². The van der Waals surface area contributed by atoms with Crippen LogP contribution in [0.15, 0.2) is 59.7 Å². The van der Waals surface area contributed by atoms with Crippen molar-refractivity contribution in [2.45, 2.75) is 0 Å². The van der Waals surface area contributed by atoms with Gasteiger partial charge in [0.05, 0.1) is 13.3 Å². The molecule has 21 heavy (non-hydrogen) atoms. The lowest BCUT2D eigenvalue weighted by Gasteiger charge is -2.04. The second-order valence-electron chi connectivity index (χ2n) is 4.17. The molecule has 0 fully saturated rings. The number of carbonyl (C=O) groups is 1. The van der Waals surface area contributed by atoms with Gasteiger partial charge >= 0.3 is 0 Å². The minimum absolute atomic E-state index is 0.0839. The predicted molar refractivity (Wildman–Crippen MR) is 80.7 cm³/mol. The Morgan fingerprint density at radius 2 is 1.90 bits per heavy atom. The fourth-order valence-electron chi connectivity index (χ4n) is 1.60. The molecule has 0 aromatic heterocycles. The monoisotopic (exact) mass is 284 g/mol. The van der Waals surface area contributed by atoms with Gasteiger partial charge in [0, 0.05) is 0 Å². The Morgan fingerprint density at radius 1 is 1.14 bits per heavy atom. The average Bonchev–Trinajstić information content (AvgIpc) is 2.54. The Hall–Kier alpha value is -2.82. The first-order chi connectivity index (χ1) is 10.3. The van der Waals surface area contributed by atoms with Crippen molar-refractivity contribution in [1.29, 1.82) is 0 Å². The van der Waals surface area contributed by atoms with Gasteiger partial charge in [0.25, 0.3) is 5.91 Å². The lowest BCUT2D eigenvalue weighted by atomic mass is 10.2. The zero-order chi connectivity index (χ0) is 14.9. The van der Waals surface area contributed by atoms with Crippen LogP contribution in [-0.4, -0.2) is 25.8 Å².